The van der Waals surface area contributed by atoms with Gasteiger partial charge in [0.15, 0.2) is 5.54 Å². The van der Waals surface area contributed by atoms with Gasteiger partial charge in [0.2, 0.25) is 0 Å². The highest BCUT2D eigenvalue weighted by Crippen LogP contribution is 2.44. The molecule has 0 aromatic rings. The highest BCUT2D eigenvalue weighted by molar-refractivity contribution is 5.90. The fourth-order valence-electron chi connectivity index (χ4n) is 1.55. The summed E-state index contributed by atoms with van der Waals surface area (Å²) < 4.78 is 9.71. The lowest BCUT2D eigenvalue weighted by Crippen LogP contribution is -2.47. The molecule has 1 aliphatic rings. The third kappa shape index (κ3) is 2.90. The smallest absolute Gasteiger partial charge is 0.408 e. The van der Waals surface area contributed by atoms with E-state index in [2.05, 4.69) is 16.0 Å². The second kappa shape index (κ2) is 4.28. The van der Waals surface area contributed by atoms with Crippen molar-refractivity contribution in [3.05, 3.63) is 0 Å². The third-order valence-electron chi connectivity index (χ3n) is 2.44. The molecule has 0 spiro atoms. The van der Waals surface area contributed by atoms with Crippen molar-refractivity contribution in [3.8, 4) is 12.3 Å². The SMILES string of the molecule is C#CC1CC1(NC(=O)OC(C)(C)C)C(=O)OC. The monoisotopic (exact) mass is 239 g/mol. The molecule has 0 bridgehead atoms. The lowest BCUT2D eigenvalue weighted by Gasteiger charge is -2.22. The standard InChI is InChI=1S/C12H17NO4/c1-6-8-7-12(8,9(14)16-5)13-10(15)17-11(2,3)4/h1,8H,7H2,2-5H3,(H,13,15). The quantitative estimate of drug-likeness (QED) is 0.578. The van der Waals surface area contributed by atoms with Crippen LogP contribution in [-0.2, 0) is 14.3 Å². The van der Waals surface area contributed by atoms with Gasteiger partial charge >= 0.3 is 12.1 Å². The summed E-state index contributed by atoms with van der Waals surface area (Å²) in [5.41, 5.74) is -1.73. The van der Waals surface area contributed by atoms with Gasteiger partial charge < -0.3 is 14.8 Å². The molecule has 0 aliphatic heterocycles. The zero-order chi connectivity index (χ0) is 13.3. The number of hydrogen-bond donors (Lipinski definition) is 1. The minimum Gasteiger partial charge on any atom is -0.467 e. The maximum Gasteiger partial charge on any atom is 0.408 e. The Balaban J connectivity index is 2.69. The Morgan fingerprint density at radius 1 is 1.47 bits per heavy atom. The number of carbonyl (C=O) groups excluding carboxylic acids is 2. The fourth-order valence-corrected chi connectivity index (χ4v) is 1.55. The molecule has 1 fully saturated rings. The van der Waals surface area contributed by atoms with Gasteiger partial charge in [-0.15, -0.1) is 12.3 Å². The van der Waals surface area contributed by atoms with Crippen LogP contribution in [0.5, 0.6) is 0 Å². The Morgan fingerprint density at radius 2 is 2.06 bits per heavy atom. The van der Waals surface area contributed by atoms with Gasteiger partial charge in [0, 0.05) is 0 Å². The lowest BCUT2D eigenvalue weighted by atomic mass is 10.2. The second-order valence-corrected chi connectivity index (χ2v) is 5.01. The first-order valence-electron chi connectivity index (χ1n) is 5.31. The van der Waals surface area contributed by atoms with E-state index in [1.807, 2.05) is 0 Å². The van der Waals surface area contributed by atoms with Crippen molar-refractivity contribution in [3.63, 3.8) is 0 Å². The Bertz CT molecular complexity index is 377. The summed E-state index contributed by atoms with van der Waals surface area (Å²) in [4.78, 5) is 23.2. The zero-order valence-corrected chi connectivity index (χ0v) is 10.5. The number of ether oxygens (including phenoxy) is 2. The van der Waals surface area contributed by atoms with Gasteiger partial charge in [-0.25, -0.2) is 9.59 Å². The van der Waals surface area contributed by atoms with Crippen LogP contribution in [0.25, 0.3) is 0 Å². The number of methoxy groups -OCH3 is 1. The van der Waals surface area contributed by atoms with Crippen LogP contribution in [0.15, 0.2) is 0 Å². The number of carbonyl (C=O) groups is 2. The van der Waals surface area contributed by atoms with Gasteiger partial charge in [0.05, 0.1) is 13.0 Å². The number of alkyl carbamates (subject to hydrolysis) is 1. The summed E-state index contributed by atoms with van der Waals surface area (Å²) in [6.07, 6.45) is 4.97. The van der Waals surface area contributed by atoms with E-state index in [9.17, 15) is 9.59 Å². The predicted octanol–water partition coefficient (Wildman–Crippen LogP) is 1.08. The molecular weight excluding hydrogens is 222 g/mol. The molecule has 5 nitrogen and oxygen atoms in total. The van der Waals surface area contributed by atoms with Crippen LogP contribution >= 0.6 is 0 Å². The normalized spacial score (nSPS) is 26.6. The van der Waals surface area contributed by atoms with Gasteiger partial charge in [0.1, 0.15) is 5.60 Å². The molecule has 0 radical (unpaired) electrons. The van der Waals surface area contributed by atoms with Crippen molar-refractivity contribution >= 4 is 12.1 Å². The molecule has 2 atom stereocenters. The molecule has 2 unspecified atom stereocenters. The average molecular weight is 239 g/mol. The van der Waals surface area contributed by atoms with Crippen molar-refractivity contribution in [1.29, 1.82) is 0 Å². The first kappa shape index (κ1) is 13.4. The van der Waals surface area contributed by atoms with Crippen molar-refractivity contribution in [2.45, 2.75) is 38.3 Å². The van der Waals surface area contributed by atoms with E-state index in [0.29, 0.717) is 6.42 Å². The Morgan fingerprint density at radius 3 is 2.41 bits per heavy atom. The molecule has 17 heavy (non-hydrogen) atoms. The van der Waals surface area contributed by atoms with Crippen LogP contribution in [0.3, 0.4) is 0 Å². The topological polar surface area (TPSA) is 64.6 Å². The Hall–Kier alpha value is -1.70. The maximum absolute atomic E-state index is 11.6. The van der Waals surface area contributed by atoms with Gasteiger partial charge in [-0.2, -0.15) is 0 Å². The van der Waals surface area contributed by atoms with Crippen molar-refractivity contribution in [1.82, 2.24) is 5.32 Å². The second-order valence-electron chi connectivity index (χ2n) is 5.01. The fraction of sp³-hybridized carbons (Fsp3) is 0.667. The molecule has 0 saturated heterocycles. The molecule has 0 aromatic heterocycles. The van der Waals surface area contributed by atoms with Crippen LogP contribution in [0, 0.1) is 18.3 Å². The highest BCUT2D eigenvalue weighted by atomic mass is 16.6. The van der Waals surface area contributed by atoms with Gasteiger partial charge in [0.25, 0.3) is 0 Å². The van der Waals surface area contributed by atoms with E-state index in [0.717, 1.165) is 0 Å². The van der Waals surface area contributed by atoms with Gasteiger partial charge in [-0.3, -0.25) is 0 Å². The molecule has 1 N–H and O–H groups in total. The van der Waals surface area contributed by atoms with E-state index < -0.39 is 23.2 Å². The number of terminal acetylenes is 1. The average Bonchev–Trinajstić information content (AvgIpc) is 2.88. The molecule has 1 amide bonds. The largest absolute Gasteiger partial charge is 0.467 e. The first-order chi connectivity index (χ1) is 7.75. The zero-order valence-electron chi connectivity index (χ0n) is 10.5. The van der Waals surface area contributed by atoms with Crippen LogP contribution in [0.1, 0.15) is 27.2 Å². The highest BCUT2D eigenvalue weighted by Gasteiger charge is 2.62. The van der Waals surface area contributed by atoms with Crippen LogP contribution in [0.2, 0.25) is 0 Å². The van der Waals surface area contributed by atoms with E-state index in [-0.39, 0.29) is 5.92 Å². The van der Waals surface area contributed by atoms with Crippen molar-refractivity contribution < 1.29 is 19.1 Å². The van der Waals surface area contributed by atoms with Gasteiger partial charge in [-0.05, 0) is 27.2 Å². The molecule has 1 rings (SSSR count). The Kier molecular flexibility index (Phi) is 3.37. The maximum atomic E-state index is 11.6. The molecular formula is C12H17NO4. The first-order valence-corrected chi connectivity index (χ1v) is 5.31. The molecule has 1 saturated carbocycles. The van der Waals surface area contributed by atoms with Crippen molar-refractivity contribution in [2.24, 2.45) is 5.92 Å². The number of hydrogen-bond acceptors (Lipinski definition) is 4. The number of esters is 1. The molecule has 0 aromatic carbocycles. The summed E-state index contributed by atoms with van der Waals surface area (Å²) in [5.74, 6) is 1.58. The van der Waals surface area contributed by atoms with E-state index in [1.165, 1.54) is 7.11 Å². The minimum absolute atomic E-state index is 0.331. The summed E-state index contributed by atoms with van der Waals surface area (Å²) in [7, 11) is 1.26. The summed E-state index contributed by atoms with van der Waals surface area (Å²) >= 11 is 0. The van der Waals surface area contributed by atoms with E-state index in [4.69, 9.17) is 11.2 Å². The number of amides is 1. The van der Waals surface area contributed by atoms with Crippen LogP contribution in [0.4, 0.5) is 4.79 Å². The summed E-state index contributed by atoms with van der Waals surface area (Å²) in [6, 6.07) is 0. The Labute approximate surface area is 101 Å². The summed E-state index contributed by atoms with van der Waals surface area (Å²) in [6.45, 7) is 5.22. The van der Waals surface area contributed by atoms with Crippen LogP contribution in [-0.4, -0.2) is 30.3 Å². The lowest BCUT2D eigenvalue weighted by molar-refractivity contribution is -0.144. The molecule has 94 valence electrons. The van der Waals surface area contributed by atoms with Crippen LogP contribution < -0.4 is 5.32 Å². The van der Waals surface area contributed by atoms with E-state index in [1.54, 1.807) is 20.8 Å². The minimum atomic E-state index is -1.11. The van der Waals surface area contributed by atoms with Crippen molar-refractivity contribution in [2.75, 3.05) is 7.11 Å². The van der Waals surface area contributed by atoms with Gasteiger partial charge in [-0.1, -0.05) is 0 Å². The number of nitrogens with one attached hydrogen (secondary N) is 1. The molecule has 0 heterocycles. The van der Waals surface area contributed by atoms with E-state index >= 15 is 0 Å². The third-order valence-corrected chi connectivity index (χ3v) is 2.44. The molecule has 5 heteroatoms. The number of rotatable bonds is 2. The molecule has 1 aliphatic carbocycles. The predicted molar refractivity (Wildman–Crippen MR) is 61.1 cm³/mol. The summed E-state index contributed by atoms with van der Waals surface area (Å²) in [5, 5.41) is 2.50.